The lowest BCUT2D eigenvalue weighted by atomic mass is 9.95. The number of fused-ring (bicyclic) bond motifs is 4. The number of amides is 1. The molecule has 1 amide bonds. The van der Waals surface area contributed by atoms with Gasteiger partial charge in [0.15, 0.2) is 12.6 Å². The van der Waals surface area contributed by atoms with Crippen LogP contribution in [0.2, 0.25) is 0 Å². The fraction of sp³-hybridized carbons (Fsp3) is 0.535. The van der Waals surface area contributed by atoms with Crippen molar-refractivity contribution in [1.29, 1.82) is 0 Å². The first-order chi connectivity index (χ1) is 27.4. The number of rotatable bonds is 9. The molecule has 2 aromatic heterocycles. The minimum atomic E-state index is -0.753. The average Bonchev–Trinajstić information content (AvgIpc) is 3.72. The van der Waals surface area contributed by atoms with Crippen LogP contribution >= 0.6 is 0 Å². The van der Waals surface area contributed by atoms with Gasteiger partial charge in [-0.25, -0.2) is 22.9 Å². The second kappa shape index (κ2) is 15.1. The molecule has 0 bridgehead atoms. The van der Waals surface area contributed by atoms with E-state index in [1.54, 1.807) is 23.1 Å². The van der Waals surface area contributed by atoms with E-state index in [0.29, 0.717) is 65.8 Å². The van der Waals surface area contributed by atoms with Gasteiger partial charge in [0.05, 0.1) is 28.2 Å². The zero-order chi connectivity index (χ0) is 40.2. The molecule has 14 heteroatoms. The summed E-state index contributed by atoms with van der Waals surface area (Å²) < 4.78 is 70.3. The summed E-state index contributed by atoms with van der Waals surface area (Å²) in [6.45, 7) is 8.85. The highest BCUT2D eigenvalue weighted by molar-refractivity contribution is 6.03. The molecule has 4 aliphatic heterocycles. The molecule has 4 atom stereocenters. The molecule has 8 rings (SSSR count). The summed E-state index contributed by atoms with van der Waals surface area (Å²) in [5.74, 6) is 1.90. The van der Waals surface area contributed by atoms with Gasteiger partial charge in [-0.15, -0.1) is 6.42 Å². The Balaban J connectivity index is 1.30. The number of hydrogen-bond donors (Lipinski definition) is 0. The van der Waals surface area contributed by atoms with Crippen LogP contribution in [0.25, 0.3) is 32.9 Å². The van der Waals surface area contributed by atoms with E-state index in [-0.39, 0.29) is 71.5 Å². The Hall–Kier alpha value is -4.87. The Kier molecular flexibility index (Phi) is 10.4. The third kappa shape index (κ3) is 6.96. The molecule has 0 radical (unpaired) electrons. The Morgan fingerprint density at radius 3 is 2.61 bits per heavy atom. The van der Waals surface area contributed by atoms with E-state index < -0.39 is 23.9 Å². The maximum absolute atomic E-state index is 17.6. The Labute approximate surface area is 330 Å². The van der Waals surface area contributed by atoms with E-state index >= 15 is 8.78 Å². The van der Waals surface area contributed by atoms with Crippen molar-refractivity contribution < 1.29 is 36.9 Å². The van der Waals surface area contributed by atoms with Crippen LogP contribution in [-0.4, -0.2) is 107 Å². The molecule has 1 unspecified atom stereocenters. The van der Waals surface area contributed by atoms with Crippen molar-refractivity contribution in [3.63, 3.8) is 0 Å². The van der Waals surface area contributed by atoms with Gasteiger partial charge in [0.1, 0.15) is 47.5 Å². The number of benzene rings is 2. The van der Waals surface area contributed by atoms with Crippen LogP contribution in [0, 0.1) is 24.0 Å². The predicted octanol–water partition coefficient (Wildman–Crippen LogP) is 7.58. The summed E-state index contributed by atoms with van der Waals surface area (Å²) in [6, 6.07) is 5.52. The normalized spacial score (nSPS) is 23.3. The highest BCUT2D eigenvalue weighted by Crippen LogP contribution is 2.45. The summed E-state index contributed by atoms with van der Waals surface area (Å²) in [7, 11) is 1.49. The number of piperazine rings is 1. The number of methoxy groups -OCH3 is 1. The van der Waals surface area contributed by atoms with E-state index in [2.05, 4.69) is 15.7 Å². The fourth-order valence-corrected chi connectivity index (χ4v) is 9.42. The quantitative estimate of drug-likeness (QED) is 0.125. The van der Waals surface area contributed by atoms with Crippen molar-refractivity contribution in [3.05, 3.63) is 47.2 Å². The SMILES string of the molecule is C#Cc1c(F)ccc2cc(OCOC)cc(-c3nc4c5c(nc(OCC67CCCN6[C@H](CF)CC7)nc5c3F)N3C[C@@H](CC)N(C(=O)OC(C)(C)C)C[C@H]3CC4)c12. The summed E-state index contributed by atoms with van der Waals surface area (Å²) in [5.41, 5.74) is -0.361. The number of aryl methyl sites for hydroxylation is 1. The van der Waals surface area contributed by atoms with Crippen LogP contribution in [0.1, 0.15) is 77.5 Å². The number of halogens is 3. The van der Waals surface area contributed by atoms with Gasteiger partial charge in [0.2, 0.25) is 0 Å². The van der Waals surface area contributed by atoms with Crippen molar-refractivity contribution in [2.24, 2.45) is 0 Å². The van der Waals surface area contributed by atoms with Crippen molar-refractivity contribution in [3.8, 4) is 35.4 Å². The molecule has 4 aromatic rings. The van der Waals surface area contributed by atoms with Crippen molar-refractivity contribution in [1.82, 2.24) is 24.8 Å². The molecular formula is C43H49F3N6O5. The first kappa shape index (κ1) is 39.0. The number of aromatic nitrogens is 3. The molecule has 57 heavy (non-hydrogen) atoms. The second-order valence-corrected chi connectivity index (χ2v) is 16.7. The summed E-state index contributed by atoms with van der Waals surface area (Å²) in [5, 5.41) is 1.28. The number of anilines is 1. The van der Waals surface area contributed by atoms with Crippen molar-refractivity contribution in [2.45, 2.75) is 102 Å². The molecule has 6 heterocycles. The Morgan fingerprint density at radius 1 is 1.05 bits per heavy atom. The summed E-state index contributed by atoms with van der Waals surface area (Å²) >= 11 is 0. The lowest BCUT2D eigenvalue weighted by Gasteiger charge is -2.46. The van der Waals surface area contributed by atoms with Gasteiger partial charge in [-0.1, -0.05) is 18.9 Å². The zero-order valence-corrected chi connectivity index (χ0v) is 33.2. The van der Waals surface area contributed by atoms with Gasteiger partial charge in [0, 0.05) is 43.2 Å². The lowest BCUT2D eigenvalue weighted by Crippen LogP contribution is -2.60. The smallest absolute Gasteiger partial charge is 0.410 e. The molecular weight excluding hydrogens is 738 g/mol. The third-order valence-electron chi connectivity index (χ3n) is 12.1. The van der Waals surface area contributed by atoms with Crippen molar-refractivity contribution in [2.75, 3.05) is 51.7 Å². The van der Waals surface area contributed by atoms with Gasteiger partial charge in [0.25, 0.3) is 0 Å². The molecule has 0 spiro atoms. The highest BCUT2D eigenvalue weighted by Gasteiger charge is 2.50. The number of hydrogen-bond acceptors (Lipinski definition) is 10. The molecule has 4 aliphatic rings. The van der Waals surface area contributed by atoms with Gasteiger partial charge in [-0.3, -0.25) is 4.90 Å². The van der Waals surface area contributed by atoms with Crippen LogP contribution in [0.15, 0.2) is 24.3 Å². The topological polar surface area (TPSA) is 102 Å². The molecule has 3 saturated heterocycles. The molecule has 3 fully saturated rings. The first-order valence-corrected chi connectivity index (χ1v) is 19.9. The van der Waals surface area contributed by atoms with Crippen LogP contribution in [0.5, 0.6) is 11.8 Å². The number of alkyl halides is 1. The maximum Gasteiger partial charge on any atom is 0.410 e. The van der Waals surface area contributed by atoms with E-state index in [0.717, 1.165) is 32.2 Å². The van der Waals surface area contributed by atoms with E-state index in [9.17, 15) is 9.18 Å². The van der Waals surface area contributed by atoms with Gasteiger partial charge < -0.3 is 28.7 Å². The zero-order valence-electron chi connectivity index (χ0n) is 33.2. The summed E-state index contributed by atoms with van der Waals surface area (Å²) in [6.07, 6.45) is 10.4. The highest BCUT2D eigenvalue weighted by atomic mass is 19.1. The standard InChI is InChI=1S/C43H49F3N6O5/c1-7-26-21-50-28(22-51(26)41(53)57-42(3,4)5)11-13-33-35-38(48-40(49-39(35)50)55-23-43-15-9-17-52(43)27(20-44)14-16-43)36(46)37(47-33)31-19-29(56-24-54-6)18-25-10-12-32(45)30(8-2)34(25)31/h2,10,12,18-19,26-28H,7,9,11,13-17,20-24H2,1,3-6H3/t26-,27+,28-,43?/m1/s1. The van der Waals surface area contributed by atoms with Gasteiger partial charge in [-0.2, -0.15) is 9.97 Å². The van der Waals surface area contributed by atoms with E-state index in [1.165, 1.54) is 13.2 Å². The maximum atomic E-state index is 17.6. The molecule has 11 nitrogen and oxygen atoms in total. The molecule has 0 N–H and O–H groups in total. The van der Waals surface area contributed by atoms with Crippen LogP contribution < -0.4 is 14.4 Å². The number of ether oxygens (including phenoxy) is 4. The van der Waals surface area contributed by atoms with E-state index in [1.807, 2.05) is 27.7 Å². The first-order valence-electron chi connectivity index (χ1n) is 19.9. The monoisotopic (exact) mass is 786 g/mol. The molecule has 0 saturated carbocycles. The van der Waals surface area contributed by atoms with E-state index in [4.69, 9.17) is 40.3 Å². The number of terminal acetylenes is 1. The minimum absolute atomic E-state index is 0.00197. The number of carbonyl (C=O) groups excluding carboxylic acids is 1. The fourth-order valence-electron chi connectivity index (χ4n) is 9.42. The van der Waals surface area contributed by atoms with Gasteiger partial charge >= 0.3 is 12.1 Å². The number of carbonyl (C=O) groups is 1. The van der Waals surface area contributed by atoms with Gasteiger partial charge in [-0.05, 0) is 95.8 Å². The number of pyridine rings is 1. The number of nitrogens with zero attached hydrogens (tertiary/aromatic N) is 6. The largest absolute Gasteiger partial charge is 0.468 e. The Bertz CT molecular complexity index is 2260. The predicted molar refractivity (Wildman–Crippen MR) is 210 cm³/mol. The average molecular weight is 787 g/mol. The Morgan fingerprint density at radius 2 is 1.88 bits per heavy atom. The third-order valence-corrected chi connectivity index (χ3v) is 12.1. The lowest BCUT2D eigenvalue weighted by molar-refractivity contribution is 0.00970. The van der Waals surface area contributed by atoms with Crippen LogP contribution in [0.4, 0.5) is 23.8 Å². The molecule has 2 aromatic carbocycles. The summed E-state index contributed by atoms with van der Waals surface area (Å²) in [4.78, 5) is 34.5. The van der Waals surface area contributed by atoms with Crippen LogP contribution in [-0.2, 0) is 15.9 Å². The minimum Gasteiger partial charge on any atom is -0.468 e. The molecule has 0 aliphatic carbocycles. The second-order valence-electron chi connectivity index (χ2n) is 16.7. The van der Waals surface area contributed by atoms with Crippen LogP contribution in [0.3, 0.4) is 0 Å². The molecule has 302 valence electrons. The van der Waals surface area contributed by atoms with Crippen molar-refractivity contribution >= 4 is 33.6 Å².